The zero-order chi connectivity index (χ0) is 13.9. The highest BCUT2D eigenvalue weighted by Gasteiger charge is 2.10. The first-order valence-corrected chi connectivity index (χ1v) is 7.36. The predicted molar refractivity (Wildman–Crippen MR) is 82.4 cm³/mol. The first kappa shape index (κ1) is 12.9. The number of anilines is 2. The van der Waals surface area contributed by atoms with Crippen LogP contribution in [-0.2, 0) is 6.54 Å². The van der Waals surface area contributed by atoms with Gasteiger partial charge in [-0.05, 0) is 32.0 Å². The predicted octanol–water partition coefficient (Wildman–Crippen LogP) is 3.64. The molecule has 0 atom stereocenters. The highest BCUT2D eigenvalue weighted by molar-refractivity contribution is 7.18. The minimum Gasteiger partial charge on any atom is -0.467 e. The molecule has 6 heteroatoms. The van der Waals surface area contributed by atoms with Gasteiger partial charge in [-0.15, -0.1) is 11.3 Å². The van der Waals surface area contributed by atoms with Gasteiger partial charge in [0.1, 0.15) is 16.4 Å². The third-order valence-corrected chi connectivity index (χ3v) is 3.81. The maximum absolute atomic E-state index is 5.33. The van der Waals surface area contributed by atoms with Crippen molar-refractivity contribution < 1.29 is 4.42 Å². The van der Waals surface area contributed by atoms with Gasteiger partial charge in [0.05, 0.1) is 18.2 Å². The average Bonchev–Trinajstić information content (AvgIpc) is 3.04. The largest absolute Gasteiger partial charge is 0.467 e. The van der Waals surface area contributed by atoms with Crippen LogP contribution in [0.3, 0.4) is 0 Å². The second kappa shape index (κ2) is 5.50. The number of rotatable bonds is 5. The molecule has 0 saturated heterocycles. The lowest BCUT2D eigenvalue weighted by molar-refractivity contribution is 0.518. The normalized spacial score (nSPS) is 10.9. The molecule has 2 N–H and O–H groups in total. The first-order chi connectivity index (χ1) is 9.76. The number of aryl methyl sites for hydroxylation is 1. The number of nitrogens with zero attached hydrogens (tertiary/aromatic N) is 2. The van der Waals surface area contributed by atoms with Gasteiger partial charge < -0.3 is 15.1 Å². The van der Waals surface area contributed by atoms with E-state index in [1.54, 1.807) is 17.6 Å². The van der Waals surface area contributed by atoms with E-state index in [2.05, 4.69) is 33.6 Å². The fourth-order valence-electron chi connectivity index (χ4n) is 2.00. The van der Waals surface area contributed by atoms with Crippen LogP contribution in [0.1, 0.15) is 17.6 Å². The Morgan fingerprint density at radius 1 is 1.30 bits per heavy atom. The smallest absolute Gasteiger partial charge is 0.226 e. The monoisotopic (exact) mass is 288 g/mol. The number of hydrogen-bond donors (Lipinski definition) is 2. The molecule has 0 aromatic carbocycles. The molecule has 0 amide bonds. The van der Waals surface area contributed by atoms with Crippen molar-refractivity contribution in [2.75, 3.05) is 17.2 Å². The lowest BCUT2D eigenvalue weighted by Gasteiger charge is -2.08. The average molecular weight is 288 g/mol. The minimum absolute atomic E-state index is 0.611. The molecule has 0 radical (unpaired) electrons. The summed E-state index contributed by atoms with van der Waals surface area (Å²) in [5.41, 5.74) is 0. The summed E-state index contributed by atoms with van der Waals surface area (Å²) in [6.07, 6.45) is 1.67. The second-order valence-electron chi connectivity index (χ2n) is 4.43. The van der Waals surface area contributed by atoms with E-state index in [9.17, 15) is 0 Å². The fourth-order valence-corrected chi connectivity index (χ4v) is 2.88. The van der Waals surface area contributed by atoms with E-state index in [0.717, 1.165) is 28.3 Å². The van der Waals surface area contributed by atoms with Gasteiger partial charge in [0.15, 0.2) is 0 Å². The fraction of sp³-hybridized carbons (Fsp3) is 0.286. The molecule has 0 aliphatic carbocycles. The number of hydrogen-bond acceptors (Lipinski definition) is 6. The zero-order valence-electron chi connectivity index (χ0n) is 11.4. The standard InChI is InChI=1S/C14H16N4OS/c1-3-15-14-17-12(16-8-10-5-4-6-19-10)11-7-9(2)20-13(11)18-14/h4-7H,3,8H2,1-2H3,(H2,15,16,17,18). The highest BCUT2D eigenvalue weighted by atomic mass is 32.1. The van der Waals surface area contributed by atoms with Crippen molar-refractivity contribution in [3.05, 3.63) is 35.1 Å². The van der Waals surface area contributed by atoms with Crippen LogP contribution in [0.4, 0.5) is 11.8 Å². The van der Waals surface area contributed by atoms with Crippen molar-refractivity contribution in [1.82, 2.24) is 9.97 Å². The number of furan rings is 1. The van der Waals surface area contributed by atoms with Crippen LogP contribution in [0.5, 0.6) is 0 Å². The molecule has 5 nitrogen and oxygen atoms in total. The first-order valence-electron chi connectivity index (χ1n) is 6.54. The van der Waals surface area contributed by atoms with Crippen molar-refractivity contribution in [2.45, 2.75) is 20.4 Å². The van der Waals surface area contributed by atoms with E-state index >= 15 is 0 Å². The summed E-state index contributed by atoms with van der Waals surface area (Å²) in [6, 6.07) is 5.93. The van der Waals surface area contributed by atoms with Crippen LogP contribution in [0.15, 0.2) is 28.9 Å². The number of aromatic nitrogens is 2. The topological polar surface area (TPSA) is 63.0 Å². The van der Waals surface area contributed by atoms with E-state index in [1.165, 1.54) is 4.88 Å². The van der Waals surface area contributed by atoms with Crippen molar-refractivity contribution in [1.29, 1.82) is 0 Å². The number of nitrogens with one attached hydrogen (secondary N) is 2. The lowest BCUT2D eigenvalue weighted by Crippen LogP contribution is -2.06. The molecule has 20 heavy (non-hydrogen) atoms. The second-order valence-corrected chi connectivity index (χ2v) is 5.67. The van der Waals surface area contributed by atoms with E-state index < -0.39 is 0 Å². The summed E-state index contributed by atoms with van der Waals surface area (Å²) in [5, 5.41) is 7.54. The van der Waals surface area contributed by atoms with Gasteiger partial charge in [-0.3, -0.25) is 0 Å². The Labute approximate surface area is 121 Å². The molecule has 3 aromatic rings. The van der Waals surface area contributed by atoms with Gasteiger partial charge in [-0.25, -0.2) is 4.98 Å². The molecule has 0 aliphatic rings. The van der Waals surface area contributed by atoms with Gasteiger partial charge in [-0.1, -0.05) is 0 Å². The van der Waals surface area contributed by atoms with Crippen LogP contribution in [0.25, 0.3) is 10.2 Å². The molecule has 0 fully saturated rings. The molecule has 0 saturated carbocycles. The van der Waals surface area contributed by atoms with E-state index in [1.807, 2.05) is 19.1 Å². The van der Waals surface area contributed by atoms with Crippen molar-refractivity contribution in [3.8, 4) is 0 Å². The summed E-state index contributed by atoms with van der Waals surface area (Å²) < 4.78 is 5.33. The minimum atomic E-state index is 0.611. The Hall–Kier alpha value is -2.08. The third kappa shape index (κ3) is 2.60. The van der Waals surface area contributed by atoms with E-state index in [-0.39, 0.29) is 0 Å². The summed E-state index contributed by atoms with van der Waals surface area (Å²) in [7, 11) is 0. The molecule has 0 aliphatic heterocycles. The van der Waals surface area contributed by atoms with E-state index in [0.29, 0.717) is 12.5 Å². The molecule has 0 spiro atoms. The highest BCUT2D eigenvalue weighted by Crippen LogP contribution is 2.29. The van der Waals surface area contributed by atoms with Gasteiger partial charge in [-0.2, -0.15) is 4.98 Å². The van der Waals surface area contributed by atoms with E-state index in [4.69, 9.17) is 4.42 Å². The van der Waals surface area contributed by atoms with Crippen LogP contribution in [-0.4, -0.2) is 16.5 Å². The lowest BCUT2D eigenvalue weighted by atomic mass is 10.3. The molecule has 3 heterocycles. The van der Waals surface area contributed by atoms with Gasteiger partial charge in [0, 0.05) is 11.4 Å². The molecule has 0 unspecified atom stereocenters. The van der Waals surface area contributed by atoms with Crippen LogP contribution >= 0.6 is 11.3 Å². The Balaban J connectivity index is 1.93. The van der Waals surface area contributed by atoms with Gasteiger partial charge >= 0.3 is 0 Å². The maximum Gasteiger partial charge on any atom is 0.226 e. The van der Waals surface area contributed by atoms with Gasteiger partial charge in [0.2, 0.25) is 5.95 Å². The number of thiophene rings is 1. The SMILES string of the molecule is CCNc1nc(NCc2ccco2)c2cc(C)sc2n1. The summed E-state index contributed by atoms with van der Waals surface area (Å²) >= 11 is 1.68. The Morgan fingerprint density at radius 3 is 2.95 bits per heavy atom. The summed E-state index contributed by atoms with van der Waals surface area (Å²) in [5.74, 6) is 2.38. The molecular weight excluding hydrogens is 272 g/mol. The van der Waals surface area contributed by atoms with Crippen molar-refractivity contribution in [3.63, 3.8) is 0 Å². The van der Waals surface area contributed by atoms with Crippen molar-refractivity contribution in [2.24, 2.45) is 0 Å². The van der Waals surface area contributed by atoms with Crippen LogP contribution < -0.4 is 10.6 Å². The Bertz CT molecular complexity index is 705. The van der Waals surface area contributed by atoms with Crippen LogP contribution in [0.2, 0.25) is 0 Å². The Kier molecular flexibility index (Phi) is 3.56. The molecule has 0 bridgehead atoms. The molecule has 104 valence electrons. The quantitative estimate of drug-likeness (QED) is 0.750. The summed E-state index contributed by atoms with van der Waals surface area (Å²) in [6.45, 7) is 5.52. The summed E-state index contributed by atoms with van der Waals surface area (Å²) in [4.78, 5) is 11.3. The van der Waals surface area contributed by atoms with Crippen LogP contribution in [0, 0.1) is 6.92 Å². The zero-order valence-corrected chi connectivity index (χ0v) is 12.3. The molecular formula is C14H16N4OS. The van der Waals surface area contributed by atoms with Gasteiger partial charge in [0.25, 0.3) is 0 Å². The third-order valence-electron chi connectivity index (χ3n) is 2.86. The maximum atomic E-state index is 5.33. The number of fused-ring (bicyclic) bond motifs is 1. The van der Waals surface area contributed by atoms with Crippen molar-refractivity contribution >= 4 is 33.3 Å². The molecule has 3 aromatic heterocycles. The molecule has 3 rings (SSSR count). The Morgan fingerprint density at radius 2 is 2.20 bits per heavy atom.